The summed E-state index contributed by atoms with van der Waals surface area (Å²) in [5.41, 5.74) is 3.39. The predicted octanol–water partition coefficient (Wildman–Crippen LogP) is 3.54. The Balaban J connectivity index is 2.11. The Morgan fingerprint density at radius 3 is 2.86 bits per heavy atom. The molecule has 0 fully saturated rings. The molecule has 0 saturated carbocycles. The van der Waals surface area contributed by atoms with Crippen molar-refractivity contribution in [2.45, 2.75) is 32.9 Å². The van der Waals surface area contributed by atoms with Crippen LogP contribution in [0.1, 0.15) is 36.1 Å². The third-order valence-corrected chi connectivity index (χ3v) is 3.58. The zero-order valence-corrected chi connectivity index (χ0v) is 12.2. The molecule has 0 aliphatic heterocycles. The fourth-order valence-electron chi connectivity index (χ4n) is 2.27. The van der Waals surface area contributed by atoms with Gasteiger partial charge in [0.15, 0.2) is 0 Å². The van der Waals surface area contributed by atoms with Gasteiger partial charge < -0.3 is 5.32 Å². The fourth-order valence-corrected chi connectivity index (χ4v) is 2.27. The second-order valence-electron chi connectivity index (χ2n) is 5.00. The highest BCUT2D eigenvalue weighted by Gasteiger charge is 2.13. The number of non-ortho nitro benzene ring substituents is 1. The number of hydrogen-bond donors (Lipinski definition) is 1. The number of benzene rings is 1. The molecule has 2 aromatic rings. The van der Waals surface area contributed by atoms with Crippen LogP contribution in [-0.4, -0.2) is 9.91 Å². The highest BCUT2D eigenvalue weighted by Crippen LogP contribution is 2.22. The van der Waals surface area contributed by atoms with Crippen molar-refractivity contribution in [3.8, 4) is 0 Å². The largest absolute Gasteiger partial charge is 0.306 e. The molecule has 0 radical (unpaired) electrons. The number of aryl methyl sites for hydroxylation is 1. The molecule has 1 aromatic carbocycles. The number of nitrogens with zero attached hydrogens (tertiary/aromatic N) is 2. The number of nitro benzene ring substituents is 1. The summed E-state index contributed by atoms with van der Waals surface area (Å²) in [5, 5.41) is 14.3. The lowest BCUT2D eigenvalue weighted by molar-refractivity contribution is -0.384. The summed E-state index contributed by atoms with van der Waals surface area (Å²) in [6, 6.07) is 8.87. The summed E-state index contributed by atoms with van der Waals surface area (Å²) in [5.74, 6) is 0. The van der Waals surface area contributed by atoms with Gasteiger partial charge in [-0.25, -0.2) is 0 Å². The summed E-state index contributed by atoms with van der Waals surface area (Å²) in [6.07, 6.45) is 4.49. The van der Waals surface area contributed by atoms with Crippen LogP contribution in [0.3, 0.4) is 0 Å². The lowest BCUT2D eigenvalue weighted by Crippen LogP contribution is -2.21. The fraction of sp³-hybridized carbons (Fsp3) is 0.312. The monoisotopic (exact) mass is 285 g/mol. The summed E-state index contributed by atoms with van der Waals surface area (Å²) in [7, 11) is 0. The zero-order valence-electron chi connectivity index (χ0n) is 12.2. The van der Waals surface area contributed by atoms with Crippen molar-refractivity contribution in [1.82, 2.24) is 10.3 Å². The maximum atomic E-state index is 10.9. The summed E-state index contributed by atoms with van der Waals surface area (Å²) in [6.45, 7) is 4.81. The van der Waals surface area contributed by atoms with Crippen LogP contribution in [0, 0.1) is 17.0 Å². The highest BCUT2D eigenvalue weighted by atomic mass is 16.6. The number of rotatable bonds is 6. The van der Waals surface area contributed by atoms with Crippen molar-refractivity contribution in [2.75, 3.05) is 0 Å². The zero-order chi connectivity index (χ0) is 15.2. The summed E-state index contributed by atoms with van der Waals surface area (Å²) >= 11 is 0. The summed E-state index contributed by atoms with van der Waals surface area (Å²) < 4.78 is 0. The van der Waals surface area contributed by atoms with Crippen molar-refractivity contribution in [3.63, 3.8) is 0 Å². The molecular weight excluding hydrogens is 266 g/mol. The number of nitrogens with one attached hydrogen (secondary N) is 1. The Bertz CT molecular complexity index is 628. The van der Waals surface area contributed by atoms with Gasteiger partial charge in [-0.3, -0.25) is 15.1 Å². The minimum absolute atomic E-state index is 0.0875. The van der Waals surface area contributed by atoms with Gasteiger partial charge in [0.1, 0.15) is 0 Å². The standard InChI is InChI=1S/C16H19N3O2/c1-3-16(13-5-4-6-15(9-13)19(20)21)18-11-14-10-17-8-7-12(14)2/h4-10,16,18H,3,11H2,1-2H3. The van der Waals surface area contributed by atoms with E-state index in [-0.39, 0.29) is 16.7 Å². The Hall–Kier alpha value is -2.27. The molecule has 5 heteroatoms. The molecular formula is C16H19N3O2. The van der Waals surface area contributed by atoms with Gasteiger partial charge in [0.05, 0.1) is 4.92 Å². The predicted molar refractivity (Wildman–Crippen MR) is 81.9 cm³/mol. The van der Waals surface area contributed by atoms with E-state index in [9.17, 15) is 10.1 Å². The van der Waals surface area contributed by atoms with Gasteiger partial charge in [0, 0.05) is 37.1 Å². The Morgan fingerprint density at radius 2 is 2.19 bits per heavy atom. The van der Waals surface area contributed by atoms with Gasteiger partial charge in [0.2, 0.25) is 0 Å². The molecule has 1 unspecified atom stereocenters. The molecule has 1 atom stereocenters. The van der Waals surface area contributed by atoms with Gasteiger partial charge in [-0.1, -0.05) is 19.1 Å². The molecule has 0 aliphatic rings. The average molecular weight is 285 g/mol. The maximum Gasteiger partial charge on any atom is 0.269 e. The van der Waals surface area contributed by atoms with Crippen LogP contribution >= 0.6 is 0 Å². The maximum absolute atomic E-state index is 10.9. The van der Waals surface area contributed by atoms with Crippen molar-refractivity contribution in [3.05, 3.63) is 69.5 Å². The molecule has 1 aromatic heterocycles. The van der Waals surface area contributed by atoms with Crippen LogP contribution in [0.15, 0.2) is 42.7 Å². The molecule has 0 spiro atoms. The van der Waals surface area contributed by atoms with Gasteiger partial charge in [-0.05, 0) is 36.1 Å². The minimum atomic E-state index is -0.360. The van der Waals surface area contributed by atoms with Crippen LogP contribution in [0.25, 0.3) is 0 Å². The smallest absolute Gasteiger partial charge is 0.269 e. The molecule has 110 valence electrons. The van der Waals surface area contributed by atoms with Gasteiger partial charge in [-0.15, -0.1) is 0 Å². The van der Waals surface area contributed by atoms with Crippen molar-refractivity contribution in [2.24, 2.45) is 0 Å². The molecule has 5 nitrogen and oxygen atoms in total. The first-order valence-corrected chi connectivity index (χ1v) is 6.99. The SMILES string of the molecule is CCC(NCc1cnccc1C)c1cccc([N+](=O)[O-])c1. The van der Waals surface area contributed by atoms with Crippen molar-refractivity contribution >= 4 is 5.69 Å². The van der Waals surface area contributed by atoms with E-state index in [4.69, 9.17) is 0 Å². The van der Waals surface area contributed by atoms with E-state index in [2.05, 4.69) is 17.2 Å². The van der Waals surface area contributed by atoms with E-state index in [1.807, 2.05) is 25.3 Å². The second kappa shape index (κ2) is 6.95. The number of hydrogen-bond acceptors (Lipinski definition) is 4. The first kappa shape index (κ1) is 15.1. The normalized spacial score (nSPS) is 12.1. The van der Waals surface area contributed by atoms with E-state index in [1.165, 1.54) is 11.6 Å². The second-order valence-corrected chi connectivity index (χ2v) is 5.00. The van der Waals surface area contributed by atoms with Gasteiger partial charge in [0.25, 0.3) is 5.69 Å². The lowest BCUT2D eigenvalue weighted by Gasteiger charge is -2.18. The Morgan fingerprint density at radius 1 is 1.38 bits per heavy atom. The third kappa shape index (κ3) is 3.86. The Labute approximate surface area is 124 Å². The summed E-state index contributed by atoms with van der Waals surface area (Å²) in [4.78, 5) is 14.6. The van der Waals surface area contributed by atoms with Crippen molar-refractivity contribution in [1.29, 1.82) is 0 Å². The minimum Gasteiger partial charge on any atom is -0.306 e. The van der Waals surface area contributed by atoms with Crippen LogP contribution in [0.2, 0.25) is 0 Å². The first-order chi connectivity index (χ1) is 10.1. The van der Waals surface area contributed by atoms with E-state index >= 15 is 0 Å². The molecule has 0 bridgehead atoms. The topological polar surface area (TPSA) is 68.1 Å². The molecule has 0 amide bonds. The van der Waals surface area contributed by atoms with E-state index in [0.717, 1.165) is 17.5 Å². The quantitative estimate of drug-likeness (QED) is 0.651. The molecule has 2 rings (SSSR count). The number of nitro groups is 1. The Kier molecular flexibility index (Phi) is 5.00. The van der Waals surface area contributed by atoms with Gasteiger partial charge in [-0.2, -0.15) is 0 Å². The molecule has 21 heavy (non-hydrogen) atoms. The van der Waals surface area contributed by atoms with Crippen LogP contribution in [0.5, 0.6) is 0 Å². The van der Waals surface area contributed by atoms with E-state index < -0.39 is 0 Å². The highest BCUT2D eigenvalue weighted by molar-refractivity contribution is 5.36. The average Bonchev–Trinajstić information content (AvgIpc) is 2.50. The van der Waals surface area contributed by atoms with Crippen LogP contribution in [-0.2, 0) is 6.54 Å². The molecule has 1 N–H and O–H groups in total. The van der Waals surface area contributed by atoms with Gasteiger partial charge >= 0.3 is 0 Å². The third-order valence-electron chi connectivity index (χ3n) is 3.58. The first-order valence-electron chi connectivity index (χ1n) is 6.99. The number of pyridine rings is 1. The molecule has 0 saturated heterocycles. The van der Waals surface area contributed by atoms with Crippen molar-refractivity contribution < 1.29 is 4.92 Å². The lowest BCUT2D eigenvalue weighted by atomic mass is 10.0. The van der Waals surface area contributed by atoms with Crippen LogP contribution < -0.4 is 5.32 Å². The molecule has 0 aliphatic carbocycles. The van der Waals surface area contributed by atoms with E-state index in [0.29, 0.717) is 6.54 Å². The van der Waals surface area contributed by atoms with E-state index in [1.54, 1.807) is 18.3 Å². The molecule has 1 heterocycles. The van der Waals surface area contributed by atoms with Crippen LogP contribution in [0.4, 0.5) is 5.69 Å². The number of aromatic nitrogens is 1.